The molecule has 0 saturated heterocycles. The van der Waals surface area contributed by atoms with Crippen LogP contribution in [0.1, 0.15) is 16.1 Å². The van der Waals surface area contributed by atoms with E-state index in [1.807, 2.05) is 0 Å². The maximum atomic E-state index is 14.3. The number of benzene rings is 1. The first-order valence-electron chi connectivity index (χ1n) is 7.56. The van der Waals surface area contributed by atoms with Gasteiger partial charge in [-0.05, 0) is 17.7 Å². The van der Waals surface area contributed by atoms with E-state index >= 15 is 0 Å². The van der Waals surface area contributed by atoms with Crippen LogP contribution in [0.25, 0.3) is 0 Å². The number of Topliss-reactive ketones (excluding diaryl/α,β-unsaturated/α-hetero) is 1. The van der Waals surface area contributed by atoms with Crippen LogP contribution in [-0.2, 0) is 21.2 Å². The first-order chi connectivity index (χ1) is 13.0. The summed E-state index contributed by atoms with van der Waals surface area (Å²) in [4.78, 5) is 27.2. The zero-order chi connectivity index (χ0) is 21.1. The van der Waals surface area contributed by atoms with Crippen molar-refractivity contribution in [3.8, 4) is 0 Å². The van der Waals surface area contributed by atoms with Gasteiger partial charge in [0.05, 0.1) is 17.0 Å². The lowest BCUT2D eigenvalue weighted by Gasteiger charge is -2.15. The van der Waals surface area contributed by atoms with Gasteiger partial charge in [0.2, 0.25) is 0 Å². The van der Waals surface area contributed by atoms with Gasteiger partial charge >= 0.3 is 5.97 Å². The molecule has 2 aromatic rings. The Kier molecular flexibility index (Phi) is 6.30. The van der Waals surface area contributed by atoms with Crippen molar-refractivity contribution in [2.45, 2.75) is 11.3 Å². The molecule has 0 unspecified atom stereocenters. The van der Waals surface area contributed by atoms with Crippen molar-refractivity contribution in [2.24, 2.45) is 5.73 Å². The Labute approximate surface area is 163 Å². The van der Waals surface area contributed by atoms with Crippen LogP contribution in [0.3, 0.4) is 0 Å². The maximum Gasteiger partial charge on any atom is 0.357 e. The maximum absolute atomic E-state index is 14.3. The number of hydrogen-bond donors (Lipinski definition) is 4. The first-order valence-corrected chi connectivity index (χ1v) is 9.92. The number of carbonyl (C=O) groups excluding carboxylic acids is 1. The molecule has 0 aliphatic rings. The number of carboxylic acids is 1. The number of sulfonamides is 1. The summed E-state index contributed by atoms with van der Waals surface area (Å²) in [5.41, 5.74) is 5.90. The molecule has 0 amide bonds. The lowest BCUT2D eigenvalue weighted by atomic mass is 10.1. The molecule has 0 saturated carbocycles. The van der Waals surface area contributed by atoms with Crippen LogP contribution in [0.4, 0.5) is 9.39 Å². The summed E-state index contributed by atoms with van der Waals surface area (Å²) in [6, 6.07) is 2.99. The summed E-state index contributed by atoms with van der Waals surface area (Å²) in [6.07, 6.45) is -0.310. The Morgan fingerprint density at radius 2 is 2.11 bits per heavy atom. The highest BCUT2D eigenvalue weighted by atomic mass is 32.2. The standard InChI is InChI=1S/C15H16FN5O5S2/c1-21(15(17)18)6-9(22)4-8-2-3-10(5-11(8)16)28(25,26)20-13-12(14(23)24)19-7-27-13/h2-3,5,7,20H,4,6H2,1H3,(H3,17,18)(H,23,24). The Bertz CT molecular complexity index is 1040. The Morgan fingerprint density at radius 1 is 1.43 bits per heavy atom. The van der Waals surface area contributed by atoms with Gasteiger partial charge in [-0.1, -0.05) is 6.07 Å². The minimum atomic E-state index is -4.26. The van der Waals surface area contributed by atoms with Gasteiger partial charge in [-0.15, -0.1) is 11.3 Å². The van der Waals surface area contributed by atoms with Crippen molar-refractivity contribution in [3.05, 3.63) is 40.8 Å². The van der Waals surface area contributed by atoms with Crippen LogP contribution in [0, 0.1) is 11.2 Å². The van der Waals surface area contributed by atoms with Gasteiger partial charge in [-0.3, -0.25) is 14.9 Å². The summed E-state index contributed by atoms with van der Waals surface area (Å²) in [6.45, 7) is -0.195. The fourth-order valence-electron chi connectivity index (χ4n) is 2.11. The third-order valence-corrected chi connectivity index (χ3v) is 5.76. The van der Waals surface area contributed by atoms with Gasteiger partial charge in [0.1, 0.15) is 10.8 Å². The predicted molar refractivity (Wildman–Crippen MR) is 99.5 cm³/mol. The zero-order valence-electron chi connectivity index (χ0n) is 14.5. The van der Waals surface area contributed by atoms with Gasteiger partial charge in [-0.25, -0.2) is 22.6 Å². The second kappa shape index (κ2) is 8.31. The number of guanidine groups is 1. The molecule has 0 fully saturated rings. The lowest BCUT2D eigenvalue weighted by Crippen LogP contribution is -2.37. The van der Waals surface area contributed by atoms with E-state index < -0.39 is 38.2 Å². The van der Waals surface area contributed by atoms with E-state index in [1.54, 1.807) is 0 Å². The minimum Gasteiger partial charge on any atom is -0.476 e. The number of ketones is 1. The molecule has 2 rings (SSSR count). The molecule has 5 N–H and O–H groups in total. The fourth-order valence-corrected chi connectivity index (χ4v) is 4.11. The predicted octanol–water partition coefficient (Wildman–Crippen LogP) is 0.718. The Balaban J connectivity index is 2.18. The summed E-state index contributed by atoms with van der Waals surface area (Å²) >= 11 is 0.770. The molecule has 1 aromatic carbocycles. The molecule has 1 aromatic heterocycles. The third-order valence-electron chi connectivity index (χ3n) is 3.54. The highest BCUT2D eigenvalue weighted by Crippen LogP contribution is 2.25. The number of hydrogen-bond acceptors (Lipinski definition) is 7. The highest BCUT2D eigenvalue weighted by Gasteiger charge is 2.22. The van der Waals surface area contributed by atoms with Gasteiger partial charge in [0, 0.05) is 13.5 Å². The number of thiazole rings is 1. The number of anilines is 1. The van der Waals surface area contributed by atoms with Crippen molar-refractivity contribution in [1.82, 2.24) is 9.88 Å². The Hall–Kier alpha value is -3.06. The highest BCUT2D eigenvalue weighted by molar-refractivity contribution is 7.93. The van der Waals surface area contributed by atoms with Gasteiger partial charge in [0.15, 0.2) is 17.4 Å². The van der Waals surface area contributed by atoms with Crippen molar-refractivity contribution < 1.29 is 27.5 Å². The normalized spacial score (nSPS) is 11.1. The van der Waals surface area contributed by atoms with Gasteiger partial charge < -0.3 is 15.7 Å². The van der Waals surface area contributed by atoms with Crippen molar-refractivity contribution >= 4 is 44.1 Å². The van der Waals surface area contributed by atoms with E-state index in [-0.39, 0.29) is 29.5 Å². The van der Waals surface area contributed by atoms with Crippen LogP contribution in [0.15, 0.2) is 28.6 Å². The number of carbonyl (C=O) groups is 2. The molecule has 1 heterocycles. The van der Waals surface area contributed by atoms with E-state index in [1.165, 1.54) is 11.9 Å². The van der Waals surface area contributed by atoms with Crippen LogP contribution in [-0.4, -0.2) is 54.7 Å². The zero-order valence-corrected chi connectivity index (χ0v) is 16.1. The topological polar surface area (TPSA) is 167 Å². The molecular formula is C15H16FN5O5S2. The van der Waals surface area contributed by atoms with E-state index in [0.717, 1.165) is 35.0 Å². The number of nitrogens with one attached hydrogen (secondary N) is 2. The summed E-state index contributed by atoms with van der Waals surface area (Å²) in [7, 11) is -2.82. The molecule has 28 heavy (non-hydrogen) atoms. The smallest absolute Gasteiger partial charge is 0.357 e. The number of rotatable bonds is 8. The number of aromatic carboxylic acids is 1. The van der Waals surface area contributed by atoms with Gasteiger partial charge in [-0.2, -0.15) is 0 Å². The molecular weight excluding hydrogens is 413 g/mol. The molecule has 0 aliphatic heterocycles. The first kappa shape index (κ1) is 21.2. The van der Waals surface area contributed by atoms with E-state index in [4.69, 9.17) is 16.2 Å². The van der Waals surface area contributed by atoms with Crippen LogP contribution >= 0.6 is 11.3 Å². The molecule has 0 atom stereocenters. The van der Waals surface area contributed by atoms with Crippen LogP contribution in [0.5, 0.6) is 0 Å². The number of carboxylic acid groups (broad SMARTS) is 1. The third kappa shape index (κ3) is 5.01. The van der Waals surface area contributed by atoms with E-state index in [2.05, 4.69) is 9.71 Å². The number of nitrogens with zero attached hydrogens (tertiary/aromatic N) is 2. The van der Waals surface area contributed by atoms with Crippen molar-refractivity contribution in [3.63, 3.8) is 0 Å². The molecule has 0 aliphatic carbocycles. The average Bonchev–Trinajstić information content (AvgIpc) is 3.04. The van der Waals surface area contributed by atoms with Crippen molar-refractivity contribution in [2.75, 3.05) is 18.3 Å². The molecule has 10 nitrogen and oxygen atoms in total. The quantitative estimate of drug-likeness (QED) is 0.352. The minimum absolute atomic E-state index is 0.0232. The number of nitrogens with two attached hydrogens (primary N) is 1. The lowest BCUT2D eigenvalue weighted by molar-refractivity contribution is -0.118. The Morgan fingerprint density at radius 3 is 2.68 bits per heavy atom. The van der Waals surface area contributed by atoms with Gasteiger partial charge in [0.25, 0.3) is 10.0 Å². The van der Waals surface area contributed by atoms with Crippen molar-refractivity contribution in [1.29, 1.82) is 5.41 Å². The van der Waals surface area contributed by atoms with Crippen LogP contribution < -0.4 is 10.5 Å². The van der Waals surface area contributed by atoms with E-state index in [9.17, 15) is 22.4 Å². The molecule has 0 radical (unpaired) electrons. The SMILES string of the molecule is CN(CC(=O)Cc1ccc(S(=O)(=O)Nc2scnc2C(=O)O)cc1F)C(=N)N. The number of likely N-dealkylation sites (N-methyl/N-ethyl adjacent to an activating group) is 1. The number of aromatic nitrogens is 1. The largest absolute Gasteiger partial charge is 0.476 e. The second-order valence-corrected chi connectivity index (χ2v) is 8.19. The van der Waals surface area contributed by atoms with Crippen LogP contribution in [0.2, 0.25) is 0 Å². The molecule has 0 spiro atoms. The molecule has 13 heteroatoms. The molecule has 0 bridgehead atoms. The molecule has 150 valence electrons. The fraction of sp³-hybridized carbons (Fsp3) is 0.200. The summed E-state index contributed by atoms with van der Waals surface area (Å²) in [5.74, 6) is -3.05. The number of halogens is 1. The average molecular weight is 429 g/mol. The summed E-state index contributed by atoms with van der Waals surface area (Å²) in [5, 5.41) is 16.0. The second-order valence-electron chi connectivity index (χ2n) is 5.65. The van der Waals surface area contributed by atoms with E-state index in [0.29, 0.717) is 0 Å². The summed E-state index contributed by atoms with van der Waals surface area (Å²) < 4.78 is 41.1. The monoisotopic (exact) mass is 429 g/mol.